The van der Waals surface area contributed by atoms with Crippen molar-refractivity contribution in [2.45, 2.75) is 49.5 Å². The van der Waals surface area contributed by atoms with Crippen LogP contribution >= 0.6 is 15.9 Å². The molecule has 20 heavy (non-hydrogen) atoms. The van der Waals surface area contributed by atoms with Gasteiger partial charge >= 0.3 is 0 Å². The van der Waals surface area contributed by atoms with E-state index in [0.717, 1.165) is 25.7 Å². The number of nitrogens with zero attached hydrogens (tertiary/aromatic N) is 1. The van der Waals surface area contributed by atoms with E-state index in [1.54, 1.807) is 19.2 Å². The maximum absolute atomic E-state index is 12.8. The molecule has 0 atom stereocenters. The topological polar surface area (TPSA) is 63.4 Å². The molecule has 2 N–H and O–H groups in total. The van der Waals surface area contributed by atoms with Crippen LogP contribution in [-0.2, 0) is 10.0 Å². The summed E-state index contributed by atoms with van der Waals surface area (Å²) in [5.41, 5.74) is 6.18. The Morgan fingerprint density at radius 2 is 1.80 bits per heavy atom. The van der Waals surface area contributed by atoms with Gasteiger partial charge in [0.15, 0.2) is 0 Å². The summed E-state index contributed by atoms with van der Waals surface area (Å²) >= 11 is 3.31. The Labute approximate surface area is 129 Å². The maximum atomic E-state index is 12.8. The number of sulfonamides is 1. The molecule has 1 aromatic carbocycles. The van der Waals surface area contributed by atoms with Crippen molar-refractivity contribution in [3.05, 3.63) is 22.7 Å². The highest BCUT2D eigenvalue weighted by Crippen LogP contribution is 2.30. The summed E-state index contributed by atoms with van der Waals surface area (Å²) in [6.45, 7) is 0. The van der Waals surface area contributed by atoms with E-state index in [2.05, 4.69) is 15.9 Å². The molecule has 1 fully saturated rings. The molecule has 0 heterocycles. The molecule has 1 aliphatic rings. The van der Waals surface area contributed by atoms with Crippen LogP contribution < -0.4 is 5.73 Å². The normalized spacial score (nSPS) is 18.1. The first-order valence-electron chi connectivity index (χ1n) is 6.96. The van der Waals surface area contributed by atoms with Gasteiger partial charge in [0.2, 0.25) is 10.0 Å². The molecule has 2 rings (SSSR count). The van der Waals surface area contributed by atoms with Gasteiger partial charge in [-0.2, -0.15) is 4.31 Å². The van der Waals surface area contributed by atoms with Crippen LogP contribution in [0.15, 0.2) is 27.6 Å². The fraction of sp³-hybridized carbons (Fsp3) is 0.571. The van der Waals surface area contributed by atoms with Gasteiger partial charge in [-0.3, -0.25) is 0 Å². The lowest BCUT2D eigenvalue weighted by atomic mass is 10.1. The SMILES string of the molecule is CN(C1CCCCCC1)S(=O)(=O)c1cc(N)ccc1Br. The summed E-state index contributed by atoms with van der Waals surface area (Å²) in [7, 11) is -1.82. The fourth-order valence-electron chi connectivity index (χ4n) is 2.69. The second-order valence-electron chi connectivity index (χ2n) is 5.36. The Hall–Kier alpha value is -0.590. The molecule has 0 unspecified atom stereocenters. The molecule has 0 saturated heterocycles. The van der Waals surface area contributed by atoms with E-state index in [1.807, 2.05) is 0 Å². The van der Waals surface area contributed by atoms with Gasteiger partial charge in [0.05, 0.1) is 4.90 Å². The first kappa shape index (κ1) is 15.8. The molecule has 0 bridgehead atoms. The molecule has 6 heteroatoms. The van der Waals surface area contributed by atoms with Gasteiger partial charge in [-0.05, 0) is 47.0 Å². The first-order chi connectivity index (χ1) is 9.43. The van der Waals surface area contributed by atoms with E-state index in [4.69, 9.17) is 5.73 Å². The van der Waals surface area contributed by atoms with Gasteiger partial charge in [0.25, 0.3) is 0 Å². The summed E-state index contributed by atoms with van der Waals surface area (Å²) in [4.78, 5) is 0.254. The van der Waals surface area contributed by atoms with Crippen molar-refractivity contribution in [3.63, 3.8) is 0 Å². The van der Waals surface area contributed by atoms with Crippen LogP contribution in [0.2, 0.25) is 0 Å². The molecule has 4 nitrogen and oxygen atoms in total. The van der Waals surface area contributed by atoms with E-state index in [9.17, 15) is 8.42 Å². The number of rotatable bonds is 3. The number of hydrogen-bond acceptors (Lipinski definition) is 3. The summed E-state index contributed by atoms with van der Waals surface area (Å²) in [6, 6.07) is 4.99. The quantitative estimate of drug-likeness (QED) is 0.663. The predicted molar refractivity (Wildman–Crippen MR) is 85.0 cm³/mol. The Morgan fingerprint density at radius 1 is 1.20 bits per heavy atom. The van der Waals surface area contributed by atoms with Crippen LogP contribution in [0.3, 0.4) is 0 Å². The lowest BCUT2D eigenvalue weighted by Gasteiger charge is -2.27. The molecule has 112 valence electrons. The number of halogens is 1. The van der Waals surface area contributed by atoms with E-state index in [0.29, 0.717) is 10.2 Å². The highest BCUT2D eigenvalue weighted by atomic mass is 79.9. The number of benzene rings is 1. The largest absolute Gasteiger partial charge is 0.399 e. The summed E-state index contributed by atoms with van der Waals surface area (Å²) in [5.74, 6) is 0. The van der Waals surface area contributed by atoms with Gasteiger partial charge in [0.1, 0.15) is 0 Å². The highest BCUT2D eigenvalue weighted by Gasteiger charge is 2.29. The lowest BCUT2D eigenvalue weighted by molar-refractivity contribution is 0.335. The Kier molecular flexibility index (Phi) is 5.09. The van der Waals surface area contributed by atoms with Crippen molar-refractivity contribution in [1.82, 2.24) is 4.31 Å². The number of anilines is 1. The van der Waals surface area contributed by atoms with Crippen LogP contribution in [0.1, 0.15) is 38.5 Å². The summed E-state index contributed by atoms with van der Waals surface area (Å²) in [6.07, 6.45) is 6.48. The third-order valence-corrected chi connectivity index (χ3v) is 6.86. The molecular formula is C14H21BrN2O2S. The zero-order valence-corrected chi connectivity index (χ0v) is 14.1. The average molecular weight is 361 g/mol. The van der Waals surface area contributed by atoms with E-state index < -0.39 is 10.0 Å². The van der Waals surface area contributed by atoms with Crippen molar-refractivity contribution in [2.24, 2.45) is 0 Å². The van der Waals surface area contributed by atoms with E-state index >= 15 is 0 Å². The zero-order chi connectivity index (χ0) is 14.8. The van der Waals surface area contributed by atoms with Crippen LogP contribution in [-0.4, -0.2) is 25.8 Å². The molecule has 0 aromatic heterocycles. The van der Waals surface area contributed by atoms with Crippen LogP contribution in [0, 0.1) is 0 Å². The minimum atomic E-state index is -3.50. The van der Waals surface area contributed by atoms with Crippen LogP contribution in [0.25, 0.3) is 0 Å². The minimum Gasteiger partial charge on any atom is -0.399 e. The lowest BCUT2D eigenvalue weighted by Crippen LogP contribution is -2.36. The average Bonchev–Trinajstić information content (AvgIpc) is 2.69. The number of hydrogen-bond donors (Lipinski definition) is 1. The second kappa shape index (κ2) is 6.45. The monoisotopic (exact) mass is 360 g/mol. The van der Waals surface area contributed by atoms with Gasteiger partial charge in [-0.15, -0.1) is 0 Å². The second-order valence-corrected chi connectivity index (χ2v) is 8.18. The molecule has 0 spiro atoms. The molecular weight excluding hydrogens is 340 g/mol. The smallest absolute Gasteiger partial charge is 0.244 e. The summed E-state index contributed by atoms with van der Waals surface area (Å²) in [5, 5.41) is 0. The number of nitrogen functional groups attached to an aromatic ring is 1. The standard InChI is InChI=1S/C14H21BrN2O2S/c1-17(12-6-4-2-3-5-7-12)20(18,19)14-10-11(16)8-9-13(14)15/h8-10,12H,2-7,16H2,1H3. The van der Waals surface area contributed by atoms with Gasteiger partial charge in [0, 0.05) is 23.2 Å². The molecule has 0 radical (unpaired) electrons. The van der Waals surface area contributed by atoms with E-state index in [-0.39, 0.29) is 10.9 Å². The third kappa shape index (κ3) is 3.35. The van der Waals surface area contributed by atoms with Gasteiger partial charge in [-0.1, -0.05) is 25.7 Å². The van der Waals surface area contributed by atoms with Crippen molar-refractivity contribution < 1.29 is 8.42 Å². The van der Waals surface area contributed by atoms with Gasteiger partial charge < -0.3 is 5.73 Å². The Morgan fingerprint density at radius 3 is 2.40 bits per heavy atom. The van der Waals surface area contributed by atoms with Crippen LogP contribution in [0.4, 0.5) is 5.69 Å². The molecule has 0 aliphatic heterocycles. The maximum Gasteiger partial charge on any atom is 0.244 e. The van der Waals surface area contributed by atoms with Gasteiger partial charge in [-0.25, -0.2) is 8.42 Å². The van der Waals surface area contributed by atoms with Crippen molar-refractivity contribution in [2.75, 3.05) is 12.8 Å². The number of nitrogens with two attached hydrogens (primary N) is 1. The Bertz CT molecular complexity index is 567. The molecule has 0 amide bonds. The summed E-state index contributed by atoms with van der Waals surface area (Å²) < 4.78 is 27.6. The minimum absolute atomic E-state index is 0.0934. The first-order valence-corrected chi connectivity index (χ1v) is 9.19. The third-order valence-electron chi connectivity index (χ3n) is 3.95. The fourth-order valence-corrected chi connectivity index (χ4v) is 5.06. The Balaban J connectivity index is 2.31. The highest BCUT2D eigenvalue weighted by molar-refractivity contribution is 9.10. The van der Waals surface area contributed by atoms with E-state index in [1.165, 1.54) is 23.2 Å². The van der Waals surface area contributed by atoms with Crippen LogP contribution in [0.5, 0.6) is 0 Å². The zero-order valence-electron chi connectivity index (χ0n) is 11.7. The molecule has 1 saturated carbocycles. The predicted octanol–water partition coefficient (Wildman–Crippen LogP) is 3.37. The molecule has 1 aliphatic carbocycles. The molecule has 1 aromatic rings. The van der Waals surface area contributed by atoms with Crippen molar-refractivity contribution in [3.8, 4) is 0 Å². The van der Waals surface area contributed by atoms with Crippen molar-refractivity contribution in [1.29, 1.82) is 0 Å². The van der Waals surface area contributed by atoms with Crippen molar-refractivity contribution >= 4 is 31.6 Å².